The molecule has 1 atom stereocenters. The fraction of sp³-hybridized carbons (Fsp3) is 0.647. The Hall–Kier alpha value is -0.820. The Bertz CT molecular complexity index is 354. The van der Waals surface area contributed by atoms with Gasteiger partial charge in [0, 0.05) is 6.04 Å². The third-order valence-electron chi connectivity index (χ3n) is 4.36. The van der Waals surface area contributed by atoms with Crippen LogP contribution in [-0.4, -0.2) is 12.6 Å². The van der Waals surface area contributed by atoms with Gasteiger partial charge in [0.05, 0.1) is 0 Å². The highest BCUT2D eigenvalue weighted by molar-refractivity contribution is 5.25. The van der Waals surface area contributed by atoms with Crippen LogP contribution in [0.2, 0.25) is 0 Å². The average Bonchev–Trinajstić information content (AvgIpc) is 2.32. The zero-order valence-corrected chi connectivity index (χ0v) is 11.9. The van der Waals surface area contributed by atoms with Gasteiger partial charge in [0.2, 0.25) is 0 Å². The molecule has 0 aliphatic heterocycles. The van der Waals surface area contributed by atoms with Gasteiger partial charge in [-0.2, -0.15) is 0 Å². The van der Waals surface area contributed by atoms with Crippen molar-refractivity contribution in [3.8, 4) is 0 Å². The van der Waals surface area contributed by atoms with Gasteiger partial charge in [-0.3, -0.25) is 0 Å². The Morgan fingerprint density at radius 1 is 1.28 bits per heavy atom. The first kappa shape index (κ1) is 13.6. The third kappa shape index (κ3) is 3.84. The lowest BCUT2D eigenvalue weighted by molar-refractivity contribution is 0.255. The van der Waals surface area contributed by atoms with E-state index in [1.807, 2.05) is 0 Å². The SMILES string of the molecule is CCNC(CCc1ccccc1C)CC1CCC1. The van der Waals surface area contributed by atoms with Crippen LogP contribution in [0.5, 0.6) is 0 Å². The summed E-state index contributed by atoms with van der Waals surface area (Å²) in [4.78, 5) is 0. The van der Waals surface area contributed by atoms with Crippen molar-refractivity contribution < 1.29 is 0 Å². The normalized spacial score (nSPS) is 17.4. The Labute approximate surface area is 112 Å². The summed E-state index contributed by atoms with van der Waals surface area (Å²) in [5, 5.41) is 3.67. The number of benzene rings is 1. The second-order valence-electron chi connectivity index (χ2n) is 5.75. The van der Waals surface area contributed by atoms with Crippen LogP contribution in [0.1, 0.15) is 50.2 Å². The minimum absolute atomic E-state index is 0.722. The summed E-state index contributed by atoms with van der Waals surface area (Å²) < 4.78 is 0. The summed E-state index contributed by atoms with van der Waals surface area (Å²) in [5.74, 6) is 1.01. The summed E-state index contributed by atoms with van der Waals surface area (Å²) in [6.45, 7) is 5.55. The molecule has 1 aliphatic rings. The van der Waals surface area contributed by atoms with Gasteiger partial charge in [-0.1, -0.05) is 50.5 Å². The van der Waals surface area contributed by atoms with Crippen molar-refractivity contribution in [2.45, 2.75) is 58.4 Å². The summed E-state index contributed by atoms with van der Waals surface area (Å²) in [6.07, 6.45) is 8.28. The van der Waals surface area contributed by atoms with Crippen molar-refractivity contribution in [2.75, 3.05) is 6.54 Å². The van der Waals surface area contributed by atoms with Gasteiger partial charge in [0.25, 0.3) is 0 Å². The Kier molecular flexibility index (Phi) is 5.25. The van der Waals surface area contributed by atoms with E-state index in [1.54, 1.807) is 0 Å². The third-order valence-corrected chi connectivity index (χ3v) is 4.36. The van der Waals surface area contributed by atoms with Crippen LogP contribution in [-0.2, 0) is 6.42 Å². The molecular weight excluding hydrogens is 218 g/mol. The summed E-state index contributed by atoms with van der Waals surface area (Å²) in [7, 11) is 0. The molecule has 0 heterocycles. The molecule has 1 saturated carbocycles. The first-order chi connectivity index (χ1) is 8.79. The quantitative estimate of drug-likeness (QED) is 0.762. The molecule has 0 bridgehead atoms. The standard InChI is InChI=1S/C17H27N/c1-3-18-17(13-15-8-6-9-15)12-11-16-10-5-4-7-14(16)2/h4-5,7,10,15,17-18H,3,6,8-9,11-13H2,1-2H3. The van der Waals surface area contributed by atoms with Crippen LogP contribution in [0.25, 0.3) is 0 Å². The lowest BCUT2D eigenvalue weighted by atomic mass is 9.80. The van der Waals surface area contributed by atoms with Gasteiger partial charge >= 0.3 is 0 Å². The van der Waals surface area contributed by atoms with Crippen molar-refractivity contribution in [3.05, 3.63) is 35.4 Å². The molecule has 0 radical (unpaired) electrons. The molecule has 1 aromatic rings. The largest absolute Gasteiger partial charge is 0.314 e. The van der Waals surface area contributed by atoms with Crippen LogP contribution in [0, 0.1) is 12.8 Å². The van der Waals surface area contributed by atoms with E-state index in [2.05, 4.69) is 43.4 Å². The first-order valence-corrected chi connectivity index (χ1v) is 7.57. The predicted molar refractivity (Wildman–Crippen MR) is 78.9 cm³/mol. The van der Waals surface area contributed by atoms with E-state index in [0.717, 1.165) is 18.5 Å². The lowest BCUT2D eigenvalue weighted by Crippen LogP contribution is -2.33. The Balaban J connectivity index is 1.82. The molecule has 18 heavy (non-hydrogen) atoms. The van der Waals surface area contributed by atoms with E-state index in [-0.39, 0.29) is 0 Å². The highest BCUT2D eigenvalue weighted by atomic mass is 14.9. The molecule has 1 nitrogen and oxygen atoms in total. The van der Waals surface area contributed by atoms with Crippen LogP contribution >= 0.6 is 0 Å². The van der Waals surface area contributed by atoms with Crippen LogP contribution in [0.15, 0.2) is 24.3 Å². The Morgan fingerprint density at radius 2 is 2.06 bits per heavy atom. The van der Waals surface area contributed by atoms with E-state index in [1.165, 1.54) is 49.7 Å². The van der Waals surface area contributed by atoms with E-state index >= 15 is 0 Å². The molecule has 0 saturated heterocycles. The monoisotopic (exact) mass is 245 g/mol. The summed E-state index contributed by atoms with van der Waals surface area (Å²) in [6, 6.07) is 9.52. The second kappa shape index (κ2) is 6.94. The highest BCUT2D eigenvalue weighted by Gasteiger charge is 2.21. The van der Waals surface area contributed by atoms with E-state index in [0.29, 0.717) is 0 Å². The zero-order valence-electron chi connectivity index (χ0n) is 11.9. The minimum Gasteiger partial charge on any atom is -0.314 e. The molecule has 0 aromatic heterocycles. The molecule has 100 valence electrons. The predicted octanol–water partition coefficient (Wildman–Crippen LogP) is 4.10. The molecule has 1 N–H and O–H groups in total. The van der Waals surface area contributed by atoms with Gasteiger partial charge in [-0.25, -0.2) is 0 Å². The van der Waals surface area contributed by atoms with Gasteiger partial charge in [-0.15, -0.1) is 0 Å². The molecule has 1 unspecified atom stereocenters. The average molecular weight is 245 g/mol. The van der Waals surface area contributed by atoms with Gasteiger partial charge in [0.1, 0.15) is 0 Å². The number of aryl methyl sites for hydroxylation is 2. The number of nitrogens with one attached hydrogen (secondary N) is 1. The second-order valence-corrected chi connectivity index (χ2v) is 5.75. The highest BCUT2D eigenvalue weighted by Crippen LogP contribution is 2.31. The minimum atomic E-state index is 0.722. The molecule has 2 rings (SSSR count). The van der Waals surface area contributed by atoms with E-state index < -0.39 is 0 Å². The number of hydrogen-bond donors (Lipinski definition) is 1. The van der Waals surface area contributed by atoms with Crippen molar-refractivity contribution >= 4 is 0 Å². The van der Waals surface area contributed by atoms with E-state index in [9.17, 15) is 0 Å². The molecular formula is C17H27N. The maximum atomic E-state index is 3.67. The smallest absolute Gasteiger partial charge is 0.00727 e. The molecule has 1 fully saturated rings. The van der Waals surface area contributed by atoms with Crippen molar-refractivity contribution in [3.63, 3.8) is 0 Å². The summed E-state index contributed by atoms with van der Waals surface area (Å²) in [5.41, 5.74) is 2.96. The maximum absolute atomic E-state index is 3.67. The zero-order chi connectivity index (χ0) is 12.8. The van der Waals surface area contributed by atoms with Crippen molar-refractivity contribution in [1.29, 1.82) is 0 Å². The molecule has 0 spiro atoms. The van der Waals surface area contributed by atoms with Gasteiger partial charge < -0.3 is 5.32 Å². The lowest BCUT2D eigenvalue weighted by Gasteiger charge is -2.30. The number of hydrogen-bond acceptors (Lipinski definition) is 1. The fourth-order valence-electron chi connectivity index (χ4n) is 2.94. The van der Waals surface area contributed by atoms with Crippen molar-refractivity contribution in [2.24, 2.45) is 5.92 Å². The molecule has 1 heteroatoms. The van der Waals surface area contributed by atoms with E-state index in [4.69, 9.17) is 0 Å². The van der Waals surface area contributed by atoms with Crippen molar-refractivity contribution in [1.82, 2.24) is 5.32 Å². The van der Waals surface area contributed by atoms with Gasteiger partial charge in [0.15, 0.2) is 0 Å². The topological polar surface area (TPSA) is 12.0 Å². The van der Waals surface area contributed by atoms with Crippen LogP contribution in [0.4, 0.5) is 0 Å². The number of rotatable bonds is 7. The summed E-state index contributed by atoms with van der Waals surface area (Å²) >= 11 is 0. The maximum Gasteiger partial charge on any atom is 0.00727 e. The molecule has 1 aliphatic carbocycles. The van der Waals surface area contributed by atoms with Crippen LogP contribution < -0.4 is 5.32 Å². The fourth-order valence-corrected chi connectivity index (χ4v) is 2.94. The molecule has 1 aromatic carbocycles. The molecule has 0 amide bonds. The van der Waals surface area contributed by atoms with Gasteiger partial charge in [-0.05, 0) is 49.8 Å². The Morgan fingerprint density at radius 3 is 2.67 bits per heavy atom. The van der Waals surface area contributed by atoms with Crippen LogP contribution in [0.3, 0.4) is 0 Å². The first-order valence-electron chi connectivity index (χ1n) is 7.57.